The highest BCUT2D eigenvalue weighted by Crippen LogP contribution is 2.31. The summed E-state index contributed by atoms with van der Waals surface area (Å²) in [5, 5.41) is 4.86. The molecule has 2 aromatic heterocycles. The van der Waals surface area contributed by atoms with Gasteiger partial charge >= 0.3 is 0 Å². The Labute approximate surface area is 139 Å². The van der Waals surface area contributed by atoms with Gasteiger partial charge in [0.25, 0.3) is 0 Å². The highest BCUT2D eigenvalue weighted by atomic mass is 32.2. The summed E-state index contributed by atoms with van der Waals surface area (Å²) < 4.78 is 7.51. The summed E-state index contributed by atoms with van der Waals surface area (Å²) in [6.07, 6.45) is 4.63. The SMILES string of the molecule is Cc1noc(CSc2nc3c(n2-c2ccccc2)CCCC3)n1. The molecule has 1 aliphatic carbocycles. The minimum atomic E-state index is 0.642. The first-order valence-corrected chi connectivity index (χ1v) is 8.88. The van der Waals surface area contributed by atoms with Gasteiger partial charge in [0.15, 0.2) is 11.0 Å². The van der Waals surface area contributed by atoms with Crippen LogP contribution in [0.3, 0.4) is 0 Å². The topological polar surface area (TPSA) is 56.7 Å². The van der Waals surface area contributed by atoms with E-state index < -0.39 is 0 Å². The van der Waals surface area contributed by atoms with Crippen LogP contribution in [0.15, 0.2) is 40.0 Å². The molecule has 6 heteroatoms. The summed E-state index contributed by atoms with van der Waals surface area (Å²) in [5.41, 5.74) is 3.77. The number of rotatable bonds is 4. The van der Waals surface area contributed by atoms with Crippen LogP contribution in [0.2, 0.25) is 0 Å². The minimum Gasteiger partial charge on any atom is -0.338 e. The second-order valence-corrected chi connectivity index (χ2v) is 6.63. The van der Waals surface area contributed by atoms with Crippen LogP contribution in [0.5, 0.6) is 0 Å². The Morgan fingerprint density at radius 3 is 2.74 bits per heavy atom. The first-order chi connectivity index (χ1) is 11.3. The molecular formula is C17H18N4OS. The van der Waals surface area contributed by atoms with Gasteiger partial charge in [0.2, 0.25) is 5.89 Å². The molecule has 0 bridgehead atoms. The van der Waals surface area contributed by atoms with Crippen molar-refractivity contribution >= 4 is 11.8 Å². The number of para-hydroxylation sites is 1. The molecule has 3 aromatic rings. The van der Waals surface area contributed by atoms with Gasteiger partial charge in [-0.2, -0.15) is 4.98 Å². The lowest BCUT2D eigenvalue weighted by Gasteiger charge is -2.15. The van der Waals surface area contributed by atoms with E-state index in [1.54, 1.807) is 11.8 Å². The normalized spacial score (nSPS) is 14.0. The summed E-state index contributed by atoms with van der Waals surface area (Å²) in [5.74, 6) is 1.96. The lowest BCUT2D eigenvalue weighted by Crippen LogP contribution is -2.07. The van der Waals surface area contributed by atoms with Crippen LogP contribution in [0.4, 0.5) is 0 Å². The van der Waals surface area contributed by atoms with Gasteiger partial charge in [0, 0.05) is 11.4 Å². The van der Waals surface area contributed by atoms with Crippen molar-refractivity contribution in [3.05, 3.63) is 53.4 Å². The van der Waals surface area contributed by atoms with Crippen molar-refractivity contribution in [1.29, 1.82) is 0 Å². The van der Waals surface area contributed by atoms with Gasteiger partial charge in [-0.3, -0.25) is 4.57 Å². The van der Waals surface area contributed by atoms with Gasteiger partial charge in [-0.15, -0.1) is 0 Å². The van der Waals surface area contributed by atoms with E-state index in [0.717, 1.165) is 18.0 Å². The molecular weight excluding hydrogens is 308 g/mol. The lowest BCUT2D eigenvalue weighted by atomic mass is 10.0. The molecule has 0 fully saturated rings. The smallest absolute Gasteiger partial charge is 0.237 e. The van der Waals surface area contributed by atoms with Crippen molar-refractivity contribution in [1.82, 2.24) is 19.7 Å². The van der Waals surface area contributed by atoms with Gasteiger partial charge in [0.05, 0.1) is 11.4 Å². The molecule has 0 N–H and O–H groups in total. The maximum atomic E-state index is 5.21. The third-order valence-corrected chi connectivity index (χ3v) is 4.93. The lowest BCUT2D eigenvalue weighted by molar-refractivity contribution is 0.387. The van der Waals surface area contributed by atoms with Crippen LogP contribution in [0.1, 0.15) is 35.9 Å². The molecule has 0 aliphatic heterocycles. The van der Waals surface area contributed by atoms with Crippen LogP contribution >= 0.6 is 11.8 Å². The fraction of sp³-hybridized carbons (Fsp3) is 0.353. The van der Waals surface area contributed by atoms with Crippen LogP contribution < -0.4 is 0 Å². The van der Waals surface area contributed by atoms with Crippen molar-refractivity contribution < 1.29 is 4.52 Å². The van der Waals surface area contributed by atoms with Crippen LogP contribution in [0, 0.1) is 6.92 Å². The minimum absolute atomic E-state index is 0.642. The highest BCUT2D eigenvalue weighted by molar-refractivity contribution is 7.98. The van der Waals surface area contributed by atoms with Gasteiger partial charge in [-0.25, -0.2) is 4.98 Å². The molecule has 0 atom stereocenters. The molecule has 118 valence electrons. The van der Waals surface area contributed by atoms with Crippen LogP contribution in [0.25, 0.3) is 5.69 Å². The number of hydrogen-bond donors (Lipinski definition) is 0. The fourth-order valence-corrected chi connectivity index (χ4v) is 3.87. The molecule has 0 unspecified atom stereocenters. The predicted molar refractivity (Wildman–Crippen MR) is 88.8 cm³/mol. The molecule has 0 radical (unpaired) electrons. The third kappa shape index (κ3) is 2.91. The quantitative estimate of drug-likeness (QED) is 0.684. The van der Waals surface area contributed by atoms with E-state index >= 15 is 0 Å². The van der Waals surface area contributed by atoms with E-state index in [9.17, 15) is 0 Å². The molecule has 0 spiro atoms. The van der Waals surface area contributed by atoms with Crippen molar-refractivity contribution in [2.24, 2.45) is 0 Å². The molecule has 0 saturated heterocycles. The van der Waals surface area contributed by atoms with Gasteiger partial charge in [-0.05, 0) is 44.7 Å². The number of benzene rings is 1. The zero-order valence-electron chi connectivity index (χ0n) is 13.0. The van der Waals surface area contributed by atoms with E-state index in [2.05, 4.69) is 39.0 Å². The number of thioether (sulfide) groups is 1. The Morgan fingerprint density at radius 2 is 1.96 bits per heavy atom. The van der Waals surface area contributed by atoms with E-state index in [1.807, 2.05) is 13.0 Å². The second kappa shape index (κ2) is 6.20. The summed E-state index contributed by atoms with van der Waals surface area (Å²) >= 11 is 1.66. The summed E-state index contributed by atoms with van der Waals surface area (Å²) in [6.45, 7) is 1.83. The van der Waals surface area contributed by atoms with Gasteiger partial charge in [-0.1, -0.05) is 35.1 Å². The first kappa shape index (κ1) is 14.5. The zero-order chi connectivity index (χ0) is 15.6. The molecule has 5 nitrogen and oxygen atoms in total. The number of hydrogen-bond acceptors (Lipinski definition) is 5. The molecule has 0 saturated carbocycles. The van der Waals surface area contributed by atoms with E-state index in [0.29, 0.717) is 17.5 Å². The van der Waals surface area contributed by atoms with Crippen LogP contribution in [-0.2, 0) is 18.6 Å². The van der Waals surface area contributed by atoms with Gasteiger partial charge in [0.1, 0.15) is 0 Å². The van der Waals surface area contributed by atoms with E-state index in [-0.39, 0.29) is 0 Å². The van der Waals surface area contributed by atoms with E-state index in [4.69, 9.17) is 9.51 Å². The predicted octanol–water partition coefficient (Wildman–Crippen LogP) is 3.73. The molecule has 1 aliphatic rings. The number of imidazole rings is 1. The van der Waals surface area contributed by atoms with E-state index in [1.165, 1.54) is 29.9 Å². The Morgan fingerprint density at radius 1 is 1.13 bits per heavy atom. The maximum absolute atomic E-state index is 5.21. The fourth-order valence-electron chi connectivity index (χ4n) is 2.98. The summed E-state index contributed by atoms with van der Waals surface area (Å²) in [4.78, 5) is 9.16. The Balaban J connectivity index is 1.69. The van der Waals surface area contributed by atoms with Crippen molar-refractivity contribution in [3.63, 3.8) is 0 Å². The molecule has 1 aromatic carbocycles. The van der Waals surface area contributed by atoms with Crippen molar-refractivity contribution in [2.75, 3.05) is 0 Å². The summed E-state index contributed by atoms with van der Waals surface area (Å²) in [6, 6.07) is 10.5. The number of aromatic nitrogens is 4. The first-order valence-electron chi connectivity index (χ1n) is 7.89. The number of aryl methyl sites for hydroxylation is 2. The average molecular weight is 326 g/mol. The monoisotopic (exact) mass is 326 g/mol. The Kier molecular flexibility index (Phi) is 3.91. The Hall–Kier alpha value is -2.08. The average Bonchev–Trinajstić information content (AvgIpc) is 3.16. The Bertz CT molecular complexity index is 809. The standard InChI is InChI=1S/C17H18N4OS/c1-12-18-16(22-20-12)11-23-17-19-14-9-5-6-10-15(14)21(17)13-7-3-2-4-8-13/h2-4,7-8H,5-6,9-11H2,1H3. The number of fused-ring (bicyclic) bond motifs is 1. The third-order valence-electron chi connectivity index (χ3n) is 4.01. The maximum Gasteiger partial charge on any atom is 0.237 e. The zero-order valence-corrected chi connectivity index (χ0v) is 13.8. The van der Waals surface area contributed by atoms with Gasteiger partial charge < -0.3 is 4.52 Å². The molecule has 0 amide bonds. The second-order valence-electron chi connectivity index (χ2n) is 5.69. The molecule has 4 rings (SSSR count). The van der Waals surface area contributed by atoms with Crippen LogP contribution in [-0.4, -0.2) is 19.7 Å². The molecule has 23 heavy (non-hydrogen) atoms. The number of nitrogens with zero attached hydrogens (tertiary/aromatic N) is 4. The van der Waals surface area contributed by atoms with Crippen molar-refractivity contribution in [2.45, 2.75) is 43.5 Å². The highest BCUT2D eigenvalue weighted by Gasteiger charge is 2.21. The molecule has 2 heterocycles. The van der Waals surface area contributed by atoms with Crippen molar-refractivity contribution in [3.8, 4) is 5.69 Å². The summed E-state index contributed by atoms with van der Waals surface area (Å²) in [7, 11) is 0. The largest absolute Gasteiger partial charge is 0.338 e.